The van der Waals surface area contributed by atoms with Crippen molar-refractivity contribution < 1.29 is 19.4 Å². The molecule has 1 saturated heterocycles. The minimum atomic E-state index is -0.540. The second-order valence-electron chi connectivity index (χ2n) is 5.97. The lowest BCUT2D eigenvalue weighted by Crippen LogP contribution is -3.15. The van der Waals surface area contributed by atoms with Crippen molar-refractivity contribution in [3.8, 4) is 0 Å². The zero-order valence-corrected chi connectivity index (χ0v) is 15.5. The number of nitro groups is 1. The molecule has 1 aromatic heterocycles. The predicted molar refractivity (Wildman–Crippen MR) is 99.0 cm³/mol. The van der Waals surface area contributed by atoms with E-state index in [0.717, 1.165) is 13.1 Å². The van der Waals surface area contributed by atoms with Gasteiger partial charge in [-0.05, 0) is 17.5 Å². The van der Waals surface area contributed by atoms with Crippen LogP contribution >= 0.6 is 22.9 Å². The molecule has 1 aliphatic heterocycles. The van der Waals surface area contributed by atoms with Crippen molar-refractivity contribution in [3.63, 3.8) is 0 Å². The maximum Gasteiger partial charge on any atom is 0.270 e. The van der Waals surface area contributed by atoms with Gasteiger partial charge in [0.25, 0.3) is 11.6 Å². The van der Waals surface area contributed by atoms with Crippen molar-refractivity contribution in [2.75, 3.05) is 32.8 Å². The van der Waals surface area contributed by atoms with Gasteiger partial charge in [-0.15, -0.1) is 11.3 Å². The largest absolute Gasteiger partial charge is 0.370 e. The molecule has 2 heterocycles. The molecule has 0 unspecified atom stereocenters. The molecule has 1 amide bonds. The number of carbonyl (C=O) groups excluding carboxylic acids is 1. The molecule has 9 heteroatoms. The number of thiophene rings is 1. The summed E-state index contributed by atoms with van der Waals surface area (Å²) in [5, 5.41) is 15.8. The van der Waals surface area contributed by atoms with Gasteiger partial charge < -0.3 is 15.0 Å². The first-order valence-electron chi connectivity index (χ1n) is 8.24. The lowest BCUT2D eigenvalue weighted by Gasteiger charge is -2.31. The number of nitrogens with one attached hydrogen (secondary N) is 2. The molecule has 138 valence electrons. The van der Waals surface area contributed by atoms with Gasteiger partial charge in [0.2, 0.25) is 0 Å². The van der Waals surface area contributed by atoms with Crippen LogP contribution in [0.2, 0.25) is 5.02 Å². The Morgan fingerprint density at radius 3 is 2.77 bits per heavy atom. The topological polar surface area (TPSA) is 85.9 Å². The number of hydrogen-bond acceptors (Lipinski definition) is 5. The fourth-order valence-electron chi connectivity index (χ4n) is 3.01. The highest BCUT2D eigenvalue weighted by Gasteiger charge is 2.28. The number of morpholine rings is 1. The molecule has 1 atom stereocenters. The van der Waals surface area contributed by atoms with E-state index in [1.165, 1.54) is 28.0 Å². The van der Waals surface area contributed by atoms with Gasteiger partial charge >= 0.3 is 0 Å². The maximum atomic E-state index is 12.5. The van der Waals surface area contributed by atoms with Crippen LogP contribution in [0.5, 0.6) is 0 Å². The number of benzene rings is 1. The van der Waals surface area contributed by atoms with Crippen molar-refractivity contribution in [1.82, 2.24) is 5.32 Å². The summed E-state index contributed by atoms with van der Waals surface area (Å²) in [7, 11) is 0. The average Bonchev–Trinajstić information content (AvgIpc) is 3.17. The summed E-state index contributed by atoms with van der Waals surface area (Å²) in [6, 6.07) is 8.08. The molecule has 0 bridgehead atoms. The van der Waals surface area contributed by atoms with E-state index in [0.29, 0.717) is 19.8 Å². The molecule has 1 fully saturated rings. The molecular formula is C17H19ClN3O4S+. The Labute approximate surface area is 159 Å². The van der Waals surface area contributed by atoms with E-state index < -0.39 is 4.92 Å². The van der Waals surface area contributed by atoms with Crippen molar-refractivity contribution in [3.05, 3.63) is 61.3 Å². The third-order valence-electron chi connectivity index (χ3n) is 4.39. The molecule has 7 nitrogen and oxygen atoms in total. The molecule has 0 radical (unpaired) electrons. The summed E-state index contributed by atoms with van der Waals surface area (Å²) in [4.78, 5) is 25.3. The first kappa shape index (κ1) is 18.8. The number of amides is 1. The van der Waals surface area contributed by atoms with Gasteiger partial charge in [-0.3, -0.25) is 14.9 Å². The molecule has 26 heavy (non-hydrogen) atoms. The summed E-state index contributed by atoms with van der Waals surface area (Å²) in [5.74, 6) is -0.334. The SMILES string of the molecule is O=C(NC[C@H](c1cccs1)[NH+]1CCOCC1)c1ccc([N+](=O)[O-])cc1Cl. The Hall–Kier alpha value is -2.00. The number of quaternary nitrogens is 1. The first-order chi connectivity index (χ1) is 12.6. The Morgan fingerprint density at radius 1 is 1.38 bits per heavy atom. The zero-order valence-electron chi connectivity index (χ0n) is 13.9. The maximum absolute atomic E-state index is 12.5. The van der Waals surface area contributed by atoms with E-state index in [-0.39, 0.29) is 28.2 Å². The number of hydrogen-bond donors (Lipinski definition) is 2. The van der Waals surface area contributed by atoms with Crippen LogP contribution in [-0.2, 0) is 4.74 Å². The minimum Gasteiger partial charge on any atom is -0.370 e. The second kappa shape index (κ2) is 8.59. The van der Waals surface area contributed by atoms with E-state index in [2.05, 4.69) is 11.4 Å². The number of non-ortho nitro benzene ring substituents is 1. The zero-order chi connectivity index (χ0) is 18.5. The summed E-state index contributed by atoms with van der Waals surface area (Å²) in [5.41, 5.74) is 0.0972. The number of nitro benzene ring substituents is 1. The summed E-state index contributed by atoms with van der Waals surface area (Å²) in [6.07, 6.45) is 0. The lowest BCUT2D eigenvalue weighted by molar-refractivity contribution is -0.937. The van der Waals surface area contributed by atoms with Gasteiger partial charge in [-0.25, -0.2) is 0 Å². The lowest BCUT2D eigenvalue weighted by atomic mass is 10.1. The molecular weight excluding hydrogens is 378 g/mol. The smallest absolute Gasteiger partial charge is 0.270 e. The number of ether oxygens (including phenoxy) is 1. The Bertz CT molecular complexity index is 778. The highest BCUT2D eigenvalue weighted by atomic mass is 35.5. The average molecular weight is 397 g/mol. The molecule has 2 aromatic rings. The Balaban J connectivity index is 1.70. The first-order valence-corrected chi connectivity index (χ1v) is 9.50. The number of halogens is 1. The monoisotopic (exact) mass is 396 g/mol. The number of carbonyl (C=O) groups is 1. The molecule has 0 aliphatic carbocycles. The highest BCUT2D eigenvalue weighted by molar-refractivity contribution is 7.10. The van der Waals surface area contributed by atoms with E-state index in [4.69, 9.17) is 16.3 Å². The van der Waals surface area contributed by atoms with E-state index in [1.807, 2.05) is 11.4 Å². The van der Waals surface area contributed by atoms with Gasteiger partial charge in [0.1, 0.15) is 19.1 Å². The van der Waals surface area contributed by atoms with Crippen molar-refractivity contribution in [1.29, 1.82) is 0 Å². The summed E-state index contributed by atoms with van der Waals surface area (Å²) < 4.78 is 5.43. The standard InChI is InChI=1S/C17H18ClN3O4S/c18-14-10-12(21(23)24)3-4-13(14)17(22)19-11-15(16-2-1-9-26-16)20-5-7-25-8-6-20/h1-4,9-10,15H,5-8,11H2,(H,19,22)/p+1/t15-/m1/s1. The van der Waals surface area contributed by atoms with Crippen LogP contribution in [0.3, 0.4) is 0 Å². The van der Waals surface area contributed by atoms with E-state index in [9.17, 15) is 14.9 Å². The van der Waals surface area contributed by atoms with Gasteiger partial charge in [0.15, 0.2) is 0 Å². The van der Waals surface area contributed by atoms with Crippen molar-refractivity contribution in [2.24, 2.45) is 0 Å². The predicted octanol–water partition coefficient (Wildman–Crippen LogP) is 1.70. The quantitative estimate of drug-likeness (QED) is 0.574. The van der Waals surface area contributed by atoms with Gasteiger partial charge in [-0.2, -0.15) is 0 Å². The highest BCUT2D eigenvalue weighted by Crippen LogP contribution is 2.23. The van der Waals surface area contributed by atoms with Crippen LogP contribution in [0.4, 0.5) is 5.69 Å². The normalized spacial score (nSPS) is 16.2. The van der Waals surface area contributed by atoms with Crippen LogP contribution in [0.25, 0.3) is 0 Å². The van der Waals surface area contributed by atoms with Crippen LogP contribution in [0.1, 0.15) is 21.3 Å². The number of nitrogens with zero attached hydrogens (tertiary/aromatic N) is 1. The molecule has 0 spiro atoms. The van der Waals surface area contributed by atoms with E-state index >= 15 is 0 Å². The summed E-state index contributed by atoms with van der Waals surface area (Å²) >= 11 is 7.71. The molecule has 0 saturated carbocycles. The minimum absolute atomic E-state index is 0.0723. The molecule has 1 aromatic carbocycles. The third kappa shape index (κ3) is 4.39. The van der Waals surface area contributed by atoms with Crippen LogP contribution in [0, 0.1) is 10.1 Å². The van der Waals surface area contributed by atoms with Crippen LogP contribution in [-0.4, -0.2) is 43.7 Å². The third-order valence-corrected chi connectivity index (χ3v) is 5.69. The Morgan fingerprint density at radius 2 is 2.15 bits per heavy atom. The van der Waals surface area contributed by atoms with E-state index in [1.54, 1.807) is 11.3 Å². The van der Waals surface area contributed by atoms with Crippen molar-refractivity contribution in [2.45, 2.75) is 6.04 Å². The van der Waals surface area contributed by atoms with Crippen molar-refractivity contribution >= 4 is 34.5 Å². The van der Waals surface area contributed by atoms with Crippen LogP contribution < -0.4 is 10.2 Å². The van der Waals surface area contributed by atoms with Gasteiger partial charge in [0, 0.05) is 12.1 Å². The summed E-state index contributed by atoms with van der Waals surface area (Å²) in [6.45, 7) is 3.65. The van der Waals surface area contributed by atoms with Gasteiger partial charge in [0.05, 0.1) is 40.1 Å². The molecule has 2 N–H and O–H groups in total. The number of rotatable bonds is 6. The second-order valence-corrected chi connectivity index (χ2v) is 7.36. The fraction of sp³-hybridized carbons (Fsp3) is 0.353. The Kier molecular flexibility index (Phi) is 6.20. The molecule has 1 aliphatic rings. The fourth-order valence-corrected chi connectivity index (χ4v) is 4.16. The van der Waals surface area contributed by atoms with Crippen LogP contribution in [0.15, 0.2) is 35.7 Å². The van der Waals surface area contributed by atoms with Gasteiger partial charge in [-0.1, -0.05) is 17.7 Å². The molecule has 3 rings (SSSR count).